The molecule has 100 valence electrons. The van der Waals surface area contributed by atoms with Gasteiger partial charge in [-0.1, -0.05) is 12.1 Å². The maximum absolute atomic E-state index is 12.0. The molecule has 1 heterocycles. The van der Waals surface area contributed by atoms with Gasteiger partial charge in [0.25, 0.3) is 5.91 Å². The van der Waals surface area contributed by atoms with E-state index in [4.69, 9.17) is 0 Å². The molecule has 4 heteroatoms. The highest BCUT2D eigenvalue weighted by Crippen LogP contribution is 2.13. The molecule has 18 heavy (non-hydrogen) atoms. The third-order valence-corrected chi connectivity index (χ3v) is 3.56. The van der Waals surface area contributed by atoms with E-state index in [-0.39, 0.29) is 18.3 Å². The summed E-state index contributed by atoms with van der Waals surface area (Å²) in [5, 5.41) is 6.34. The van der Waals surface area contributed by atoms with Gasteiger partial charge in [-0.3, -0.25) is 4.79 Å². The summed E-state index contributed by atoms with van der Waals surface area (Å²) in [4.78, 5) is 12.0. The van der Waals surface area contributed by atoms with Crippen molar-refractivity contribution in [1.82, 2.24) is 10.6 Å². The predicted molar refractivity (Wildman–Crippen MR) is 76.5 cm³/mol. The van der Waals surface area contributed by atoms with Crippen LogP contribution in [0.25, 0.3) is 0 Å². The fourth-order valence-corrected chi connectivity index (χ4v) is 2.22. The van der Waals surface area contributed by atoms with Crippen molar-refractivity contribution in [3.63, 3.8) is 0 Å². The maximum Gasteiger partial charge on any atom is 0.251 e. The third-order valence-electron chi connectivity index (χ3n) is 3.56. The Labute approximate surface area is 115 Å². The lowest BCUT2D eigenvalue weighted by atomic mass is 10.0. The average molecular weight is 269 g/mol. The Morgan fingerprint density at radius 2 is 2.22 bits per heavy atom. The van der Waals surface area contributed by atoms with Gasteiger partial charge < -0.3 is 10.6 Å². The van der Waals surface area contributed by atoms with Crippen LogP contribution in [0.4, 0.5) is 0 Å². The van der Waals surface area contributed by atoms with Gasteiger partial charge in [0.1, 0.15) is 0 Å². The molecule has 0 spiro atoms. The molecular formula is C14H21ClN2O. The normalized spacial score (nSPS) is 18.2. The van der Waals surface area contributed by atoms with Gasteiger partial charge in [-0.15, -0.1) is 12.4 Å². The van der Waals surface area contributed by atoms with Gasteiger partial charge in [0.2, 0.25) is 0 Å². The Kier molecular flexibility index (Phi) is 5.63. The highest BCUT2D eigenvalue weighted by Gasteiger charge is 2.16. The number of halogens is 1. The minimum absolute atomic E-state index is 0. The molecule has 2 N–H and O–H groups in total. The van der Waals surface area contributed by atoms with E-state index >= 15 is 0 Å². The lowest BCUT2D eigenvalue weighted by Crippen LogP contribution is -2.30. The summed E-state index contributed by atoms with van der Waals surface area (Å²) in [6, 6.07) is 5.87. The lowest BCUT2D eigenvalue weighted by molar-refractivity contribution is 0.0947. The molecule has 1 aromatic carbocycles. The number of carbonyl (C=O) groups excluding carboxylic acids is 1. The fraction of sp³-hybridized carbons (Fsp3) is 0.500. The number of aryl methyl sites for hydroxylation is 1. The lowest BCUT2D eigenvalue weighted by Gasteiger charge is -2.12. The Bertz CT molecular complexity index is 414. The van der Waals surface area contributed by atoms with Crippen molar-refractivity contribution in [2.24, 2.45) is 5.92 Å². The van der Waals surface area contributed by atoms with Crippen LogP contribution in [0.2, 0.25) is 0 Å². The van der Waals surface area contributed by atoms with Crippen molar-refractivity contribution < 1.29 is 4.79 Å². The van der Waals surface area contributed by atoms with Crippen LogP contribution < -0.4 is 10.6 Å². The van der Waals surface area contributed by atoms with Gasteiger partial charge in [0.15, 0.2) is 0 Å². The number of amides is 1. The second-order valence-corrected chi connectivity index (χ2v) is 4.82. The zero-order chi connectivity index (χ0) is 12.3. The van der Waals surface area contributed by atoms with Crippen molar-refractivity contribution in [2.45, 2.75) is 20.3 Å². The summed E-state index contributed by atoms with van der Waals surface area (Å²) < 4.78 is 0. The van der Waals surface area contributed by atoms with Crippen molar-refractivity contribution >= 4 is 18.3 Å². The van der Waals surface area contributed by atoms with Crippen LogP contribution in [0.15, 0.2) is 18.2 Å². The van der Waals surface area contributed by atoms with E-state index in [9.17, 15) is 4.79 Å². The SMILES string of the molecule is Cc1cccc(C(=O)NCC2CCNC2)c1C.Cl. The van der Waals surface area contributed by atoms with Gasteiger partial charge in [-0.05, 0) is 56.5 Å². The number of hydrogen-bond donors (Lipinski definition) is 2. The molecule has 1 aliphatic rings. The molecule has 1 amide bonds. The van der Waals surface area contributed by atoms with Crippen LogP contribution in [0, 0.1) is 19.8 Å². The Morgan fingerprint density at radius 1 is 1.44 bits per heavy atom. The summed E-state index contributed by atoms with van der Waals surface area (Å²) in [5.41, 5.74) is 3.05. The minimum Gasteiger partial charge on any atom is -0.352 e. The Morgan fingerprint density at radius 3 is 2.89 bits per heavy atom. The molecule has 3 nitrogen and oxygen atoms in total. The average Bonchev–Trinajstić information content (AvgIpc) is 2.82. The summed E-state index contributed by atoms with van der Waals surface area (Å²) >= 11 is 0. The van der Waals surface area contributed by atoms with E-state index in [2.05, 4.69) is 10.6 Å². The van der Waals surface area contributed by atoms with Crippen LogP contribution >= 0.6 is 12.4 Å². The predicted octanol–water partition coefficient (Wildman–Crippen LogP) is 2.06. The van der Waals surface area contributed by atoms with Crippen molar-refractivity contribution in [3.8, 4) is 0 Å². The van der Waals surface area contributed by atoms with E-state index in [1.54, 1.807) is 0 Å². The first-order valence-corrected chi connectivity index (χ1v) is 6.23. The molecule has 1 aliphatic heterocycles. The Balaban J connectivity index is 0.00000162. The molecule has 0 radical (unpaired) electrons. The van der Waals surface area contributed by atoms with Gasteiger partial charge >= 0.3 is 0 Å². The molecule has 0 bridgehead atoms. The zero-order valence-electron chi connectivity index (χ0n) is 11.0. The summed E-state index contributed by atoms with van der Waals surface area (Å²) in [6.07, 6.45) is 1.16. The molecule has 1 aromatic rings. The zero-order valence-corrected chi connectivity index (χ0v) is 11.8. The smallest absolute Gasteiger partial charge is 0.251 e. The second kappa shape index (κ2) is 6.76. The van der Waals surface area contributed by atoms with E-state index in [1.807, 2.05) is 32.0 Å². The molecule has 1 unspecified atom stereocenters. The Hall–Kier alpha value is -1.06. The van der Waals surface area contributed by atoms with E-state index in [0.717, 1.165) is 37.2 Å². The molecule has 1 fully saturated rings. The highest BCUT2D eigenvalue weighted by atomic mass is 35.5. The maximum atomic E-state index is 12.0. The van der Waals surface area contributed by atoms with Gasteiger partial charge in [0, 0.05) is 12.1 Å². The van der Waals surface area contributed by atoms with Crippen LogP contribution in [0.5, 0.6) is 0 Å². The number of hydrogen-bond acceptors (Lipinski definition) is 2. The summed E-state index contributed by atoms with van der Waals surface area (Å²) in [5.74, 6) is 0.641. The van der Waals surface area contributed by atoms with Crippen molar-refractivity contribution in [3.05, 3.63) is 34.9 Å². The van der Waals surface area contributed by atoms with Gasteiger partial charge in [-0.25, -0.2) is 0 Å². The molecular weight excluding hydrogens is 248 g/mol. The first-order chi connectivity index (χ1) is 8.18. The summed E-state index contributed by atoms with van der Waals surface area (Å²) in [6.45, 7) is 6.91. The molecule has 2 rings (SSSR count). The van der Waals surface area contributed by atoms with Crippen LogP contribution in [0.3, 0.4) is 0 Å². The minimum atomic E-state index is 0. The van der Waals surface area contributed by atoms with Crippen LogP contribution in [0.1, 0.15) is 27.9 Å². The van der Waals surface area contributed by atoms with E-state index in [0.29, 0.717) is 5.92 Å². The molecule has 1 atom stereocenters. The topological polar surface area (TPSA) is 41.1 Å². The number of nitrogens with one attached hydrogen (secondary N) is 2. The molecule has 0 aliphatic carbocycles. The highest BCUT2D eigenvalue weighted by molar-refractivity contribution is 5.95. The van der Waals surface area contributed by atoms with Crippen molar-refractivity contribution in [1.29, 1.82) is 0 Å². The third kappa shape index (κ3) is 3.47. The van der Waals surface area contributed by atoms with E-state index in [1.165, 1.54) is 5.56 Å². The molecule has 0 aromatic heterocycles. The standard InChI is InChI=1S/C14H20N2O.ClH/c1-10-4-3-5-13(11(10)2)14(17)16-9-12-6-7-15-8-12;/h3-5,12,15H,6-9H2,1-2H3,(H,16,17);1H. The van der Waals surface area contributed by atoms with E-state index < -0.39 is 0 Å². The fourth-order valence-electron chi connectivity index (χ4n) is 2.22. The monoisotopic (exact) mass is 268 g/mol. The number of rotatable bonds is 3. The van der Waals surface area contributed by atoms with Gasteiger partial charge in [0.05, 0.1) is 0 Å². The first kappa shape index (κ1) is 15.0. The number of carbonyl (C=O) groups is 1. The summed E-state index contributed by atoms with van der Waals surface area (Å²) in [7, 11) is 0. The van der Waals surface area contributed by atoms with Crippen LogP contribution in [-0.4, -0.2) is 25.5 Å². The van der Waals surface area contributed by atoms with Crippen molar-refractivity contribution in [2.75, 3.05) is 19.6 Å². The largest absolute Gasteiger partial charge is 0.352 e. The molecule has 1 saturated heterocycles. The van der Waals surface area contributed by atoms with Gasteiger partial charge in [-0.2, -0.15) is 0 Å². The number of benzene rings is 1. The second-order valence-electron chi connectivity index (χ2n) is 4.82. The molecule has 0 saturated carbocycles. The van der Waals surface area contributed by atoms with Crippen LogP contribution in [-0.2, 0) is 0 Å². The quantitative estimate of drug-likeness (QED) is 0.881. The first-order valence-electron chi connectivity index (χ1n) is 6.23.